The van der Waals surface area contributed by atoms with Crippen molar-refractivity contribution in [2.24, 2.45) is 0 Å². The highest BCUT2D eigenvalue weighted by Gasteiger charge is 2.38. The van der Waals surface area contributed by atoms with Crippen molar-refractivity contribution in [3.63, 3.8) is 0 Å². The molecule has 27 heavy (non-hydrogen) atoms. The van der Waals surface area contributed by atoms with Crippen LogP contribution in [0.2, 0.25) is 0 Å². The molecule has 3 rings (SSSR count). The molecule has 2 heterocycles. The van der Waals surface area contributed by atoms with E-state index >= 15 is 0 Å². The van der Waals surface area contributed by atoms with E-state index in [2.05, 4.69) is 5.32 Å². The number of carbonyl (C=O) groups is 1. The number of thioether (sulfide) groups is 1. The molecule has 1 N–H and O–H groups in total. The molecular formula is C16H12F6N2O2S. The molecule has 4 nitrogen and oxygen atoms in total. The lowest BCUT2D eigenvalue weighted by molar-refractivity contribution is -0.143. The first kappa shape index (κ1) is 19.5. The Kier molecular flexibility index (Phi) is 5.06. The van der Waals surface area contributed by atoms with Gasteiger partial charge in [0.1, 0.15) is 11.1 Å². The summed E-state index contributed by atoms with van der Waals surface area (Å²) in [5, 5.41) is 1.63. The Bertz CT molecular complexity index is 787. The summed E-state index contributed by atoms with van der Waals surface area (Å²) < 4.78 is 82.7. The van der Waals surface area contributed by atoms with Crippen molar-refractivity contribution in [3.05, 3.63) is 53.5 Å². The monoisotopic (exact) mass is 410 g/mol. The van der Waals surface area contributed by atoms with Crippen molar-refractivity contribution in [1.29, 1.82) is 0 Å². The Morgan fingerprint density at radius 1 is 1.11 bits per heavy atom. The summed E-state index contributed by atoms with van der Waals surface area (Å²) in [6.45, 7) is 0.271. The van der Waals surface area contributed by atoms with Crippen molar-refractivity contribution in [1.82, 2.24) is 4.90 Å². The van der Waals surface area contributed by atoms with E-state index in [0.29, 0.717) is 23.6 Å². The topological polar surface area (TPSA) is 45.5 Å². The molecule has 2 amide bonds. The number of urea groups is 1. The Hall–Kier alpha value is -2.30. The number of furan rings is 1. The van der Waals surface area contributed by atoms with E-state index in [1.807, 2.05) is 0 Å². The van der Waals surface area contributed by atoms with Gasteiger partial charge in [-0.3, -0.25) is 0 Å². The van der Waals surface area contributed by atoms with E-state index < -0.39 is 40.6 Å². The minimum absolute atomic E-state index is 0.00696. The molecule has 0 bridgehead atoms. The second-order valence-corrected chi connectivity index (χ2v) is 6.84. The fourth-order valence-electron chi connectivity index (χ4n) is 2.57. The predicted molar refractivity (Wildman–Crippen MR) is 86.1 cm³/mol. The zero-order chi connectivity index (χ0) is 19.8. The van der Waals surface area contributed by atoms with Gasteiger partial charge in [-0.1, -0.05) is 0 Å². The van der Waals surface area contributed by atoms with Crippen LogP contribution in [0.3, 0.4) is 0 Å². The van der Waals surface area contributed by atoms with Gasteiger partial charge in [0.05, 0.1) is 17.4 Å². The molecule has 0 saturated carbocycles. The standard InChI is InChI=1S/C16H12F6N2O2S/c17-15(18,19)9-6-10(16(20,21)22)8-11(7-9)23-14(25)24-3-5-27-13(24)12-2-1-4-26-12/h1-2,4,6-8,13H,3,5H2,(H,23,25)/t13-/m1/s1. The van der Waals surface area contributed by atoms with Crippen molar-refractivity contribution in [2.75, 3.05) is 17.6 Å². The van der Waals surface area contributed by atoms with Crippen LogP contribution in [-0.4, -0.2) is 23.2 Å². The molecule has 1 atom stereocenters. The number of anilines is 1. The molecule has 0 unspecified atom stereocenters. The number of hydrogen-bond acceptors (Lipinski definition) is 3. The van der Waals surface area contributed by atoms with Crippen LogP contribution >= 0.6 is 11.8 Å². The van der Waals surface area contributed by atoms with Gasteiger partial charge in [-0.05, 0) is 30.3 Å². The van der Waals surface area contributed by atoms with Gasteiger partial charge >= 0.3 is 18.4 Å². The molecule has 11 heteroatoms. The highest BCUT2D eigenvalue weighted by atomic mass is 32.2. The van der Waals surface area contributed by atoms with Crippen LogP contribution in [0.15, 0.2) is 41.0 Å². The van der Waals surface area contributed by atoms with E-state index in [1.165, 1.54) is 22.9 Å². The van der Waals surface area contributed by atoms with Crippen molar-refractivity contribution in [2.45, 2.75) is 17.7 Å². The van der Waals surface area contributed by atoms with Gasteiger partial charge in [0.2, 0.25) is 0 Å². The third-order valence-corrected chi connectivity index (χ3v) is 5.00. The average molecular weight is 410 g/mol. The number of amides is 2. The average Bonchev–Trinajstić information content (AvgIpc) is 3.24. The molecule has 1 aromatic heterocycles. The van der Waals surface area contributed by atoms with Crippen molar-refractivity contribution in [3.8, 4) is 0 Å². The summed E-state index contributed by atoms with van der Waals surface area (Å²) in [7, 11) is 0. The summed E-state index contributed by atoms with van der Waals surface area (Å²) >= 11 is 1.37. The number of nitrogens with one attached hydrogen (secondary N) is 1. The second-order valence-electron chi connectivity index (χ2n) is 5.66. The largest absolute Gasteiger partial charge is 0.466 e. The highest BCUT2D eigenvalue weighted by molar-refractivity contribution is 7.99. The highest BCUT2D eigenvalue weighted by Crippen LogP contribution is 2.40. The minimum atomic E-state index is -4.99. The number of carbonyl (C=O) groups excluding carboxylic acids is 1. The molecule has 1 saturated heterocycles. The number of rotatable bonds is 2. The SMILES string of the molecule is O=C(Nc1cc(C(F)(F)F)cc(C(F)(F)F)c1)N1CCS[C@@H]1c1ccco1. The lowest BCUT2D eigenvalue weighted by atomic mass is 10.1. The summed E-state index contributed by atoms with van der Waals surface area (Å²) in [6, 6.07) is 3.39. The number of halogens is 6. The van der Waals surface area contributed by atoms with E-state index in [-0.39, 0.29) is 12.6 Å². The number of benzene rings is 1. The molecule has 1 aromatic carbocycles. The van der Waals surface area contributed by atoms with Crippen LogP contribution in [0, 0.1) is 0 Å². The van der Waals surface area contributed by atoms with Gasteiger partial charge in [0.15, 0.2) is 0 Å². The van der Waals surface area contributed by atoms with Crippen LogP contribution in [0.4, 0.5) is 36.8 Å². The summed E-state index contributed by atoms with van der Waals surface area (Å²) in [6.07, 6.45) is -8.56. The smallest absolute Gasteiger partial charge is 0.416 e. The van der Waals surface area contributed by atoms with Crippen LogP contribution in [0.5, 0.6) is 0 Å². The Morgan fingerprint density at radius 2 is 1.74 bits per heavy atom. The fourth-order valence-corrected chi connectivity index (χ4v) is 3.77. The zero-order valence-electron chi connectivity index (χ0n) is 13.4. The third kappa shape index (κ3) is 4.34. The van der Waals surface area contributed by atoms with Crippen molar-refractivity contribution >= 4 is 23.5 Å². The Labute approximate surface area is 153 Å². The number of alkyl halides is 6. The van der Waals surface area contributed by atoms with Crippen LogP contribution in [-0.2, 0) is 12.4 Å². The molecule has 0 radical (unpaired) electrons. The van der Waals surface area contributed by atoms with Crippen LogP contribution < -0.4 is 5.32 Å². The van der Waals surface area contributed by atoms with Gasteiger partial charge in [-0.15, -0.1) is 11.8 Å². The molecule has 0 spiro atoms. The first-order chi connectivity index (χ1) is 12.6. The zero-order valence-corrected chi connectivity index (χ0v) is 14.2. The van der Waals surface area contributed by atoms with Gasteiger partial charge in [0, 0.05) is 18.0 Å². The molecule has 2 aromatic rings. The summed E-state index contributed by atoms with van der Waals surface area (Å²) in [5.74, 6) is 1.02. The van der Waals surface area contributed by atoms with E-state index in [1.54, 1.807) is 12.1 Å². The van der Waals surface area contributed by atoms with Gasteiger partial charge in [-0.25, -0.2) is 4.79 Å². The normalized spacial score (nSPS) is 18.0. The van der Waals surface area contributed by atoms with E-state index in [4.69, 9.17) is 4.42 Å². The van der Waals surface area contributed by atoms with Crippen LogP contribution in [0.25, 0.3) is 0 Å². The number of hydrogen-bond donors (Lipinski definition) is 1. The summed E-state index contributed by atoms with van der Waals surface area (Å²) in [5.41, 5.74) is -3.57. The maximum Gasteiger partial charge on any atom is 0.416 e. The number of nitrogens with zero attached hydrogens (tertiary/aromatic N) is 1. The van der Waals surface area contributed by atoms with Gasteiger partial charge < -0.3 is 14.6 Å². The quantitative estimate of drug-likeness (QED) is 0.656. The second kappa shape index (κ2) is 7.02. The molecule has 1 fully saturated rings. The van der Waals surface area contributed by atoms with E-state index in [9.17, 15) is 31.1 Å². The van der Waals surface area contributed by atoms with Gasteiger partial charge in [0.25, 0.3) is 0 Å². The maximum absolute atomic E-state index is 12.9. The molecule has 0 aliphatic carbocycles. The van der Waals surface area contributed by atoms with Gasteiger partial charge in [-0.2, -0.15) is 26.3 Å². The van der Waals surface area contributed by atoms with Crippen molar-refractivity contribution < 1.29 is 35.6 Å². The first-order valence-electron chi connectivity index (χ1n) is 7.58. The first-order valence-corrected chi connectivity index (χ1v) is 8.63. The molecular weight excluding hydrogens is 398 g/mol. The predicted octanol–water partition coefficient (Wildman–Crippen LogP) is 5.60. The van der Waals surface area contributed by atoms with Crippen LogP contribution in [0.1, 0.15) is 22.3 Å². The lowest BCUT2D eigenvalue weighted by Crippen LogP contribution is -2.34. The minimum Gasteiger partial charge on any atom is -0.466 e. The Balaban J connectivity index is 1.87. The summed E-state index contributed by atoms with van der Waals surface area (Å²) in [4.78, 5) is 13.7. The molecule has 1 aliphatic heterocycles. The third-order valence-electron chi connectivity index (χ3n) is 3.78. The lowest BCUT2D eigenvalue weighted by Gasteiger charge is -2.23. The maximum atomic E-state index is 12.9. The Morgan fingerprint density at radius 3 is 2.26 bits per heavy atom. The molecule has 1 aliphatic rings. The molecule has 146 valence electrons. The van der Waals surface area contributed by atoms with E-state index in [0.717, 1.165) is 0 Å². The fraction of sp³-hybridized carbons (Fsp3) is 0.312.